The van der Waals surface area contributed by atoms with E-state index in [0.29, 0.717) is 6.42 Å². The van der Waals surface area contributed by atoms with Gasteiger partial charge in [0, 0.05) is 0 Å². The van der Waals surface area contributed by atoms with Crippen LogP contribution in [0.25, 0.3) is 0 Å². The van der Waals surface area contributed by atoms with Crippen LogP contribution in [0, 0.1) is 5.92 Å². The molecule has 17 heavy (non-hydrogen) atoms. The molecule has 0 heterocycles. The van der Waals surface area contributed by atoms with Crippen molar-refractivity contribution in [3.05, 3.63) is 35.4 Å². The van der Waals surface area contributed by atoms with Crippen molar-refractivity contribution in [1.29, 1.82) is 0 Å². The van der Waals surface area contributed by atoms with Crippen LogP contribution in [-0.2, 0) is 17.6 Å². The van der Waals surface area contributed by atoms with Crippen LogP contribution < -0.4 is 0 Å². The first kappa shape index (κ1) is 13.5. The van der Waals surface area contributed by atoms with Crippen LogP contribution in [0.3, 0.4) is 0 Å². The molecular formula is C12H13F3O2. The van der Waals surface area contributed by atoms with Gasteiger partial charge in [-0.1, -0.05) is 31.2 Å². The minimum atomic E-state index is -4.21. The van der Waals surface area contributed by atoms with E-state index in [1.54, 1.807) is 19.1 Å². The Morgan fingerprint density at radius 2 is 1.71 bits per heavy atom. The SMILES string of the molecule is CC(Cc1ccc(CC(F)(F)F)cc1)C(=O)O. The fourth-order valence-electron chi connectivity index (χ4n) is 1.47. The molecule has 0 fully saturated rings. The molecule has 1 rings (SSSR count). The Kier molecular flexibility index (Phi) is 4.15. The number of benzene rings is 1. The van der Waals surface area contributed by atoms with Gasteiger partial charge in [0.15, 0.2) is 0 Å². The largest absolute Gasteiger partial charge is 0.481 e. The molecule has 0 aliphatic heterocycles. The highest BCUT2D eigenvalue weighted by atomic mass is 19.4. The molecule has 0 saturated carbocycles. The quantitative estimate of drug-likeness (QED) is 0.886. The van der Waals surface area contributed by atoms with Gasteiger partial charge in [-0.2, -0.15) is 13.2 Å². The summed E-state index contributed by atoms with van der Waals surface area (Å²) < 4.78 is 36.2. The molecule has 0 aromatic heterocycles. The molecule has 94 valence electrons. The Hall–Kier alpha value is -1.52. The van der Waals surface area contributed by atoms with E-state index in [0.717, 1.165) is 5.56 Å². The summed E-state index contributed by atoms with van der Waals surface area (Å²) in [7, 11) is 0. The van der Waals surface area contributed by atoms with E-state index in [1.165, 1.54) is 12.1 Å². The molecule has 5 heteroatoms. The van der Waals surface area contributed by atoms with E-state index in [9.17, 15) is 18.0 Å². The minimum absolute atomic E-state index is 0.184. The van der Waals surface area contributed by atoms with Crippen molar-refractivity contribution in [2.75, 3.05) is 0 Å². The summed E-state index contributed by atoms with van der Waals surface area (Å²) in [6.07, 6.45) is -4.85. The molecule has 0 spiro atoms. The van der Waals surface area contributed by atoms with Crippen molar-refractivity contribution in [3.8, 4) is 0 Å². The van der Waals surface area contributed by atoms with Gasteiger partial charge in [0.05, 0.1) is 12.3 Å². The van der Waals surface area contributed by atoms with Crippen molar-refractivity contribution in [2.24, 2.45) is 5.92 Å². The fraction of sp³-hybridized carbons (Fsp3) is 0.417. The summed E-state index contributed by atoms with van der Waals surface area (Å²) >= 11 is 0. The average molecular weight is 246 g/mol. The molecule has 0 bridgehead atoms. The van der Waals surface area contributed by atoms with Gasteiger partial charge in [-0.15, -0.1) is 0 Å². The lowest BCUT2D eigenvalue weighted by Gasteiger charge is -2.09. The van der Waals surface area contributed by atoms with Gasteiger partial charge in [0.25, 0.3) is 0 Å². The minimum Gasteiger partial charge on any atom is -0.481 e. The van der Waals surface area contributed by atoms with Crippen LogP contribution in [0.2, 0.25) is 0 Å². The first-order valence-corrected chi connectivity index (χ1v) is 5.15. The first-order chi connectivity index (χ1) is 7.78. The summed E-state index contributed by atoms with van der Waals surface area (Å²) in [4.78, 5) is 10.6. The highest BCUT2D eigenvalue weighted by Crippen LogP contribution is 2.21. The second kappa shape index (κ2) is 5.21. The molecular weight excluding hydrogens is 233 g/mol. The second-order valence-electron chi connectivity index (χ2n) is 4.05. The lowest BCUT2D eigenvalue weighted by molar-refractivity contribution is -0.141. The summed E-state index contributed by atoms with van der Waals surface area (Å²) in [6, 6.07) is 5.86. The zero-order valence-corrected chi connectivity index (χ0v) is 9.29. The number of hydrogen-bond acceptors (Lipinski definition) is 1. The topological polar surface area (TPSA) is 37.3 Å². The Morgan fingerprint density at radius 1 is 1.24 bits per heavy atom. The lowest BCUT2D eigenvalue weighted by atomic mass is 10.00. The van der Waals surface area contributed by atoms with E-state index < -0.39 is 24.5 Å². The molecule has 1 atom stereocenters. The second-order valence-corrected chi connectivity index (χ2v) is 4.05. The van der Waals surface area contributed by atoms with Crippen molar-refractivity contribution in [2.45, 2.75) is 25.9 Å². The van der Waals surface area contributed by atoms with E-state index in [-0.39, 0.29) is 5.56 Å². The van der Waals surface area contributed by atoms with E-state index in [4.69, 9.17) is 5.11 Å². The Morgan fingerprint density at radius 3 is 2.12 bits per heavy atom. The molecule has 0 saturated heterocycles. The number of carboxylic acids is 1. The maximum absolute atomic E-state index is 12.1. The number of rotatable bonds is 4. The highest BCUT2D eigenvalue weighted by Gasteiger charge is 2.27. The Labute approximate surface area is 97.1 Å². The molecule has 0 amide bonds. The van der Waals surface area contributed by atoms with Crippen LogP contribution >= 0.6 is 0 Å². The number of halogens is 3. The van der Waals surface area contributed by atoms with E-state index in [1.807, 2.05) is 0 Å². The van der Waals surface area contributed by atoms with Crippen molar-refractivity contribution < 1.29 is 23.1 Å². The molecule has 1 aromatic rings. The molecule has 1 N–H and O–H groups in total. The smallest absolute Gasteiger partial charge is 0.393 e. The monoisotopic (exact) mass is 246 g/mol. The summed E-state index contributed by atoms with van der Waals surface area (Å²) in [5.41, 5.74) is 0.912. The van der Waals surface area contributed by atoms with Gasteiger partial charge in [0.1, 0.15) is 0 Å². The predicted molar refractivity (Wildman–Crippen MR) is 56.7 cm³/mol. The van der Waals surface area contributed by atoms with Crippen molar-refractivity contribution in [3.63, 3.8) is 0 Å². The Bertz CT molecular complexity index is 382. The number of aliphatic carboxylic acids is 1. The molecule has 1 unspecified atom stereocenters. The number of hydrogen-bond donors (Lipinski definition) is 1. The molecule has 1 aromatic carbocycles. The van der Waals surface area contributed by atoms with Gasteiger partial charge in [0.2, 0.25) is 0 Å². The van der Waals surface area contributed by atoms with Crippen molar-refractivity contribution >= 4 is 5.97 Å². The maximum Gasteiger partial charge on any atom is 0.393 e. The van der Waals surface area contributed by atoms with Crippen LogP contribution in [0.4, 0.5) is 13.2 Å². The van der Waals surface area contributed by atoms with Gasteiger partial charge >= 0.3 is 12.1 Å². The number of carbonyl (C=O) groups is 1. The van der Waals surface area contributed by atoms with Gasteiger partial charge < -0.3 is 5.11 Å². The normalized spacial score (nSPS) is 13.4. The fourth-order valence-corrected chi connectivity index (χ4v) is 1.47. The van der Waals surface area contributed by atoms with Crippen molar-refractivity contribution in [1.82, 2.24) is 0 Å². The van der Waals surface area contributed by atoms with Crippen LogP contribution in [0.5, 0.6) is 0 Å². The third-order valence-corrected chi connectivity index (χ3v) is 2.39. The Balaban J connectivity index is 2.65. The third-order valence-electron chi connectivity index (χ3n) is 2.39. The molecule has 0 aliphatic carbocycles. The van der Waals surface area contributed by atoms with Crippen LogP contribution in [0.15, 0.2) is 24.3 Å². The zero-order chi connectivity index (χ0) is 13.1. The zero-order valence-electron chi connectivity index (χ0n) is 9.29. The number of alkyl halides is 3. The summed E-state index contributed by atoms with van der Waals surface area (Å²) in [5.74, 6) is -1.45. The molecule has 2 nitrogen and oxygen atoms in total. The van der Waals surface area contributed by atoms with Gasteiger partial charge in [-0.25, -0.2) is 0 Å². The van der Waals surface area contributed by atoms with Gasteiger partial charge in [-0.05, 0) is 17.5 Å². The highest BCUT2D eigenvalue weighted by molar-refractivity contribution is 5.69. The van der Waals surface area contributed by atoms with E-state index in [2.05, 4.69) is 0 Å². The molecule has 0 aliphatic rings. The lowest BCUT2D eigenvalue weighted by Crippen LogP contribution is -2.13. The van der Waals surface area contributed by atoms with Gasteiger partial charge in [-0.3, -0.25) is 4.79 Å². The molecule has 0 radical (unpaired) electrons. The number of carboxylic acid groups (broad SMARTS) is 1. The third kappa shape index (κ3) is 4.89. The van der Waals surface area contributed by atoms with Crippen LogP contribution in [-0.4, -0.2) is 17.3 Å². The summed E-state index contributed by atoms with van der Waals surface area (Å²) in [6.45, 7) is 1.56. The maximum atomic E-state index is 12.1. The summed E-state index contributed by atoms with van der Waals surface area (Å²) in [5, 5.41) is 8.70. The average Bonchev–Trinajstić information content (AvgIpc) is 2.18. The van der Waals surface area contributed by atoms with E-state index >= 15 is 0 Å². The first-order valence-electron chi connectivity index (χ1n) is 5.15. The van der Waals surface area contributed by atoms with Crippen LogP contribution in [0.1, 0.15) is 18.1 Å². The predicted octanol–water partition coefficient (Wildman–Crippen LogP) is 3.05. The standard InChI is InChI=1S/C12H13F3O2/c1-8(11(16)17)6-9-2-4-10(5-3-9)7-12(13,14)15/h2-5,8H,6-7H2,1H3,(H,16,17).